The molecule has 0 aliphatic carbocycles. The SMILES string of the molecule is COC1CN(c2ccc(C#N)cn2)CCC1C. The number of ether oxygens (including phenoxy) is 1. The van der Waals surface area contributed by atoms with Gasteiger partial charge in [0.2, 0.25) is 0 Å². The Morgan fingerprint density at radius 1 is 1.53 bits per heavy atom. The van der Waals surface area contributed by atoms with Gasteiger partial charge in [-0.1, -0.05) is 6.92 Å². The van der Waals surface area contributed by atoms with Crippen molar-refractivity contribution in [2.75, 3.05) is 25.1 Å². The normalized spacial score (nSPS) is 24.4. The lowest BCUT2D eigenvalue weighted by molar-refractivity contribution is 0.0496. The van der Waals surface area contributed by atoms with Gasteiger partial charge >= 0.3 is 0 Å². The first-order chi connectivity index (χ1) is 8.24. The van der Waals surface area contributed by atoms with Gasteiger partial charge in [0, 0.05) is 26.4 Å². The van der Waals surface area contributed by atoms with Crippen LogP contribution >= 0.6 is 0 Å². The van der Waals surface area contributed by atoms with Gasteiger partial charge in [-0.3, -0.25) is 0 Å². The molecule has 90 valence electrons. The Morgan fingerprint density at radius 2 is 2.35 bits per heavy atom. The molecule has 0 radical (unpaired) electrons. The average molecular weight is 231 g/mol. The number of nitrogens with zero attached hydrogens (tertiary/aromatic N) is 3. The molecular weight excluding hydrogens is 214 g/mol. The molecule has 1 aromatic rings. The maximum atomic E-state index is 8.73. The highest BCUT2D eigenvalue weighted by Gasteiger charge is 2.26. The van der Waals surface area contributed by atoms with Gasteiger partial charge in [0.1, 0.15) is 11.9 Å². The van der Waals surface area contributed by atoms with Gasteiger partial charge in [0.05, 0.1) is 11.7 Å². The number of rotatable bonds is 2. The van der Waals surface area contributed by atoms with Crippen LogP contribution in [0.3, 0.4) is 0 Å². The summed E-state index contributed by atoms with van der Waals surface area (Å²) in [6.07, 6.45) is 3.00. The van der Waals surface area contributed by atoms with Gasteiger partial charge in [-0.15, -0.1) is 0 Å². The van der Waals surface area contributed by atoms with Crippen molar-refractivity contribution in [3.8, 4) is 6.07 Å². The molecule has 1 aliphatic heterocycles. The molecule has 2 unspecified atom stereocenters. The van der Waals surface area contributed by atoms with E-state index in [1.165, 1.54) is 0 Å². The molecule has 2 heterocycles. The summed E-state index contributed by atoms with van der Waals surface area (Å²) >= 11 is 0. The summed E-state index contributed by atoms with van der Waals surface area (Å²) in [5.41, 5.74) is 0.599. The monoisotopic (exact) mass is 231 g/mol. The molecule has 0 spiro atoms. The second kappa shape index (κ2) is 5.15. The van der Waals surface area contributed by atoms with E-state index in [9.17, 15) is 0 Å². The first-order valence-corrected chi connectivity index (χ1v) is 5.88. The van der Waals surface area contributed by atoms with E-state index in [2.05, 4.69) is 22.9 Å². The van der Waals surface area contributed by atoms with Crippen LogP contribution in [0.5, 0.6) is 0 Å². The zero-order valence-corrected chi connectivity index (χ0v) is 10.3. The molecule has 0 N–H and O–H groups in total. The molecule has 4 nitrogen and oxygen atoms in total. The van der Waals surface area contributed by atoms with E-state index < -0.39 is 0 Å². The first kappa shape index (κ1) is 11.9. The van der Waals surface area contributed by atoms with Crippen LogP contribution in [-0.4, -0.2) is 31.3 Å². The van der Waals surface area contributed by atoms with Gasteiger partial charge in [0.25, 0.3) is 0 Å². The summed E-state index contributed by atoms with van der Waals surface area (Å²) in [6.45, 7) is 4.09. The van der Waals surface area contributed by atoms with E-state index in [1.807, 2.05) is 12.1 Å². The number of hydrogen-bond donors (Lipinski definition) is 0. The van der Waals surface area contributed by atoms with E-state index in [4.69, 9.17) is 10.00 Å². The number of nitriles is 1. The topological polar surface area (TPSA) is 49.1 Å². The summed E-state index contributed by atoms with van der Waals surface area (Å²) < 4.78 is 5.48. The molecule has 0 aromatic carbocycles. The first-order valence-electron chi connectivity index (χ1n) is 5.88. The van der Waals surface area contributed by atoms with Gasteiger partial charge in [-0.25, -0.2) is 4.98 Å². The Hall–Kier alpha value is -1.60. The Balaban J connectivity index is 2.09. The predicted octanol–water partition coefficient (Wildman–Crippen LogP) is 1.81. The van der Waals surface area contributed by atoms with Crippen LogP contribution in [0.15, 0.2) is 18.3 Å². The van der Waals surface area contributed by atoms with Gasteiger partial charge in [0.15, 0.2) is 0 Å². The largest absolute Gasteiger partial charge is 0.379 e. The quantitative estimate of drug-likeness (QED) is 0.779. The van der Waals surface area contributed by atoms with Crippen LogP contribution in [0.2, 0.25) is 0 Å². The lowest BCUT2D eigenvalue weighted by Gasteiger charge is -2.36. The van der Waals surface area contributed by atoms with Crippen LogP contribution in [0, 0.1) is 17.2 Å². The van der Waals surface area contributed by atoms with Crippen LogP contribution in [-0.2, 0) is 4.74 Å². The molecule has 4 heteroatoms. The second-order valence-electron chi connectivity index (χ2n) is 4.50. The zero-order valence-electron chi connectivity index (χ0n) is 10.3. The third-order valence-electron chi connectivity index (χ3n) is 3.39. The maximum Gasteiger partial charge on any atom is 0.128 e. The molecule has 17 heavy (non-hydrogen) atoms. The Morgan fingerprint density at radius 3 is 2.94 bits per heavy atom. The number of pyridine rings is 1. The Labute approximate surface area is 102 Å². The summed E-state index contributed by atoms with van der Waals surface area (Å²) in [6, 6.07) is 5.79. The minimum absolute atomic E-state index is 0.265. The van der Waals surface area contributed by atoms with E-state index in [0.29, 0.717) is 11.5 Å². The number of methoxy groups -OCH3 is 1. The minimum atomic E-state index is 0.265. The summed E-state index contributed by atoms with van der Waals surface area (Å²) in [7, 11) is 1.76. The lowest BCUT2D eigenvalue weighted by Crippen LogP contribution is -2.44. The fourth-order valence-electron chi connectivity index (χ4n) is 2.19. The van der Waals surface area contributed by atoms with Gasteiger partial charge < -0.3 is 9.64 Å². The van der Waals surface area contributed by atoms with E-state index in [0.717, 1.165) is 25.3 Å². The van der Waals surface area contributed by atoms with E-state index in [1.54, 1.807) is 13.3 Å². The highest BCUT2D eigenvalue weighted by atomic mass is 16.5. The summed E-state index contributed by atoms with van der Waals surface area (Å²) in [5.74, 6) is 1.52. The fraction of sp³-hybridized carbons (Fsp3) is 0.538. The number of aromatic nitrogens is 1. The standard InChI is InChI=1S/C13H17N3O/c1-10-5-6-16(9-12(10)17-2)13-4-3-11(7-14)8-15-13/h3-4,8,10,12H,5-6,9H2,1-2H3. The Bertz CT molecular complexity index is 410. The van der Waals surface area contributed by atoms with E-state index in [-0.39, 0.29) is 6.10 Å². The van der Waals surface area contributed by atoms with Crippen molar-refractivity contribution in [3.63, 3.8) is 0 Å². The van der Waals surface area contributed by atoms with Crippen molar-refractivity contribution < 1.29 is 4.74 Å². The molecular formula is C13H17N3O. The van der Waals surface area contributed by atoms with Gasteiger partial charge in [-0.2, -0.15) is 5.26 Å². The van der Waals surface area contributed by atoms with E-state index >= 15 is 0 Å². The van der Waals surface area contributed by atoms with Crippen LogP contribution in [0.4, 0.5) is 5.82 Å². The zero-order chi connectivity index (χ0) is 12.3. The molecule has 1 saturated heterocycles. The smallest absolute Gasteiger partial charge is 0.128 e. The van der Waals surface area contributed by atoms with Crippen molar-refractivity contribution in [2.24, 2.45) is 5.92 Å². The Kier molecular flexibility index (Phi) is 3.60. The minimum Gasteiger partial charge on any atom is -0.379 e. The average Bonchev–Trinajstić information content (AvgIpc) is 2.39. The van der Waals surface area contributed by atoms with Crippen molar-refractivity contribution in [1.29, 1.82) is 5.26 Å². The number of anilines is 1. The number of hydrogen-bond acceptors (Lipinski definition) is 4. The molecule has 2 rings (SSSR count). The van der Waals surface area contributed by atoms with Crippen LogP contribution in [0.1, 0.15) is 18.9 Å². The molecule has 0 saturated carbocycles. The highest BCUT2D eigenvalue weighted by Crippen LogP contribution is 2.23. The molecule has 0 bridgehead atoms. The van der Waals surface area contributed by atoms with Crippen molar-refractivity contribution in [3.05, 3.63) is 23.9 Å². The lowest BCUT2D eigenvalue weighted by atomic mass is 9.96. The molecule has 1 fully saturated rings. The summed E-state index contributed by atoms with van der Waals surface area (Å²) in [4.78, 5) is 6.53. The fourth-order valence-corrected chi connectivity index (χ4v) is 2.19. The third kappa shape index (κ3) is 2.56. The van der Waals surface area contributed by atoms with Crippen molar-refractivity contribution in [2.45, 2.75) is 19.4 Å². The predicted molar refractivity (Wildman–Crippen MR) is 65.7 cm³/mol. The highest BCUT2D eigenvalue weighted by molar-refractivity contribution is 5.42. The summed E-state index contributed by atoms with van der Waals surface area (Å²) in [5, 5.41) is 8.73. The maximum absolute atomic E-state index is 8.73. The number of piperidine rings is 1. The van der Waals surface area contributed by atoms with Crippen LogP contribution in [0.25, 0.3) is 0 Å². The molecule has 2 atom stereocenters. The molecule has 1 aromatic heterocycles. The third-order valence-corrected chi connectivity index (χ3v) is 3.39. The second-order valence-corrected chi connectivity index (χ2v) is 4.50. The van der Waals surface area contributed by atoms with Crippen molar-refractivity contribution >= 4 is 5.82 Å². The molecule has 1 aliphatic rings. The van der Waals surface area contributed by atoms with Gasteiger partial charge in [-0.05, 0) is 24.5 Å². The van der Waals surface area contributed by atoms with Crippen molar-refractivity contribution in [1.82, 2.24) is 4.98 Å². The molecule has 0 amide bonds. The van der Waals surface area contributed by atoms with Crippen LogP contribution < -0.4 is 4.90 Å².